The van der Waals surface area contributed by atoms with Crippen LogP contribution in [0, 0.1) is 0 Å². The van der Waals surface area contributed by atoms with Gasteiger partial charge in [0.2, 0.25) is 5.91 Å². The highest BCUT2D eigenvalue weighted by Gasteiger charge is 2.11. The Morgan fingerprint density at radius 3 is 2.62 bits per heavy atom. The first-order valence-electron chi connectivity index (χ1n) is 3.91. The minimum absolute atomic E-state index is 0.191. The molecule has 0 aromatic rings. The van der Waals surface area contributed by atoms with Crippen LogP contribution in [0.15, 0.2) is 12.2 Å². The molecule has 0 spiro atoms. The summed E-state index contributed by atoms with van der Waals surface area (Å²) in [6.45, 7) is 2.00. The second-order valence-corrected chi connectivity index (χ2v) is 4.31. The minimum Gasteiger partial charge on any atom is -0.353 e. The van der Waals surface area contributed by atoms with Crippen LogP contribution in [-0.4, -0.2) is 28.4 Å². The smallest absolute Gasteiger partial charge is 0.325 e. The Morgan fingerprint density at radius 1 is 1.54 bits per heavy atom. The first kappa shape index (κ1) is 12.4. The third kappa shape index (κ3) is 9.27. The highest BCUT2D eigenvalue weighted by Crippen LogP contribution is 2.34. The number of carbonyl (C=O) groups excluding carboxylic acids is 1. The first-order chi connectivity index (χ1) is 5.95. The van der Waals surface area contributed by atoms with E-state index < -0.39 is 7.60 Å². The highest BCUT2D eigenvalue weighted by atomic mass is 31.2. The summed E-state index contributed by atoms with van der Waals surface area (Å²) in [7, 11) is -3.91. The molecule has 0 atom stereocenters. The SMILES string of the molecule is CC=CC(=O)NCCCP(=O)(O)O. The standard InChI is InChI=1S/C7H14NO4P/c1-2-4-7(9)8-5-3-6-13(10,11)12/h2,4H,3,5-6H2,1H3,(H,8,9)(H2,10,11,12). The van der Waals surface area contributed by atoms with Gasteiger partial charge in [-0.1, -0.05) is 6.08 Å². The van der Waals surface area contributed by atoms with E-state index in [9.17, 15) is 9.36 Å². The Bertz CT molecular complexity index is 233. The Kier molecular flexibility index (Phi) is 5.62. The fourth-order valence-electron chi connectivity index (χ4n) is 0.707. The molecule has 0 saturated carbocycles. The second kappa shape index (κ2) is 5.91. The van der Waals surface area contributed by atoms with Gasteiger partial charge in [0.15, 0.2) is 0 Å². The van der Waals surface area contributed by atoms with Crippen molar-refractivity contribution in [1.29, 1.82) is 0 Å². The number of carbonyl (C=O) groups is 1. The van der Waals surface area contributed by atoms with Gasteiger partial charge in [-0.3, -0.25) is 9.36 Å². The number of nitrogens with one attached hydrogen (secondary N) is 1. The maximum absolute atomic E-state index is 10.8. The molecule has 0 radical (unpaired) electrons. The van der Waals surface area contributed by atoms with E-state index in [1.807, 2.05) is 0 Å². The summed E-state index contributed by atoms with van der Waals surface area (Å²) in [6.07, 6.45) is 3.05. The van der Waals surface area contributed by atoms with E-state index in [1.165, 1.54) is 6.08 Å². The lowest BCUT2D eigenvalue weighted by Gasteiger charge is -2.03. The predicted molar refractivity (Wildman–Crippen MR) is 49.4 cm³/mol. The Morgan fingerprint density at radius 2 is 2.15 bits per heavy atom. The van der Waals surface area contributed by atoms with E-state index in [0.29, 0.717) is 0 Å². The van der Waals surface area contributed by atoms with Crippen LogP contribution in [0.4, 0.5) is 0 Å². The molecule has 5 nitrogen and oxygen atoms in total. The van der Waals surface area contributed by atoms with Crippen molar-refractivity contribution in [3.63, 3.8) is 0 Å². The molecule has 0 aliphatic rings. The molecule has 0 aromatic carbocycles. The van der Waals surface area contributed by atoms with Gasteiger partial charge in [-0.2, -0.15) is 0 Å². The predicted octanol–water partition coefficient (Wildman–Crippen LogP) is 0.246. The van der Waals surface area contributed by atoms with E-state index in [1.54, 1.807) is 13.0 Å². The maximum atomic E-state index is 10.8. The van der Waals surface area contributed by atoms with E-state index in [-0.39, 0.29) is 25.0 Å². The van der Waals surface area contributed by atoms with Crippen LogP contribution in [0.5, 0.6) is 0 Å². The lowest BCUT2D eigenvalue weighted by molar-refractivity contribution is -0.116. The lowest BCUT2D eigenvalue weighted by Crippen LogP contribution is -2.22. The van der Waals surface area contributed by atoms with Crippen molar-refractivity contribution in [2.45, 2.75) is 13.3 Å². The van der Waals surface area contributed by atoms with Crippen molar-refractivity contribution in [3.05, 3.63) is 12.2 Å². The zero-order valence-electron chi connectivity index (χ0n) is 7.43. The van der Waals surface area contributed by atoms with Gasteiger partial charge in [0.1, 0.15) is 0 Å². The maximum Gasteiger partial charge on any atom is 0.325 e. The summed E-state index contributed by atoms with van der Waals surface area (Å²) in [4.78, 5) is 27.7. The quantitative estimate of drug-likeness (QED) is 0.342. The summed E-state index contributed by atoms with van der Waals surface area (Å²) >= 11 is 0. The minimum atomic E-state index is -3.91. The Labute approximate surface area is 77.0 Å². The van der Waals surface area contributed by atoms with Crippen molar-refractivity contribution >= 4 is 13.5 Å². The van der Waals surface area contributed by atoms with Crippen LogP contribution in [0.2, 0.25) is 0 Å². The average Bonchev–Trinajstić information content (AvgIpc) is 1.97. The van der Waals surface area contributed by atoms with Gasteiger partial charge >= 0.3 is 7.60 Å². The van der Waals surface area contributed by atoms with Crippen molar-refractivity contribution in [1.82, 2.24) is 5.32 Å². The first-order valence-corrected chi connectivity index (χ1v) is 5.70. The molecule has 13 heavy (non-hydrogen) atoms. The molecule has 0 heterocycles. The summed E-state index contributed by atoms with van der Waals surface area (Å²) in [5, 5.41) is 2.49. The zero-order valence-corrected chi connectivity index (χ0v) is 8.33. The van der Waals surface area contributed by atoms with Crippen LogP contribution < -0.4 is 5.32 Å². The third-order valence-corrected chi connectivity index (χ3v) is 2.14. The van der Waals surface area contributed by atoms with Crippen LogP contribution in [0.1, 0.15) is 13.3 Å². The zero-order chi connectivity index (χ0) is 10.3. The number of hydrogen-bond donors (Lipinski definition) is 3. The topological polar surface area (TPSA) is 86.6 Å². The van der Waals surface area contributed by atoms with Gasteiger partial charge in [0.05, 0.1) is 6.16 Å². The fraction of sp³-hybridized carbons (Fsp3) is 0.571. The lowest BCUT2D eigenvalue weighted by atomic mass is 10.4. The van der Waals surface area contributed by atoms with Gasteiger partial charge in [0, 0.05) is 6.54 Å². The van der Waals surface area contributed by atoms with Crippen LogP contribution in [-0.2, 0) is 9.36 Å². The largest absolute Gasteiger partial charge is 0.353 e. The molecule has 0 bridgehead atoms. The van der Waals surface area contributed by atoms with Gasteiger partial charge in [-0.15, -0.1) is 0 Å². The molecule has 0 aliphatic carbocycles. The van der Waals surface area contributed by atoms with Gasteiger partial charge in [-0.25, -0.2) is 0 Å². The van der Waals surface area contributed by atoms with Crippen molar-refractivity contribution in [2.24, 2.45) is 0 Å². The number of hydrogen-bond acceptors (Lipinski definition) is 2. The Hall–Kier alpha value is -0.640. The fourth-order valence-corrected chi connectivity index (χ4v) is 1.28. The molecular formula is C7H14NO4P. The molecule has 0 aromatic heterocycles. The summed E-state index contributed by atoms with van der Waals surface area (Å²) in [5.74, 6) is -0.242. The molecule has 0 aliphatic heterocycles. The van der Waals surface area contributed by atoms with E-state index in [2.05, 4.69) is 5.32 Å². The molecule has 3 N–H and O–H groups in total. The normalized spacial score (nSPS) is 11.9. The van der Waals surface area contributed by atoms with Gasteiger partial charge in [-0.05, 0) is 19.4 Å². The molecule has 76 valence electrons. The van der Waals surface area contributed by atoms with E-state index in [0.717, 1.165) is 0 Å². The number of rotatable bonds is 5. The van der Waals surface area contributed by atoms with Gasteiger partial charge in [0.25, 0.3) is 0 Å². The molecule has 6 heteroatoms. The molecular weight excluding hydrogens is 193 g/mol. The monoisotopic (exact) mass is 207 g/mol. The van der Waals surface area contributed by atoms with Crippen LogP contribution in [0.25, 0.3) is 0 Å². The number of amides is 1. The second-order valence-electron chi connectivity index (χ2n) is 2.53. The molecule has 0 rings (SSSR count). The van der Waals surface area contributed by atoms with E-state index >= 15 is 0 Å². The van der Waals surface area contributed by atoms with Gasteiger partial charge < -0.3 is 15.1 Å². The molecule has 0 saturated heterocycles. The van der Waals surface area contributed by atoms with Crippen LogP contribution in [0.3, 0.4) is 0 Å². The highest BCUT2D eigenvalue weighted by molar-refractivity contribution is 7.51. The van der Waals surface area contributed by atoms with Crippen molar-refractivity contribution < 1.29 is 19.1 Å². The summed E-state index contributed by atoms with van der Waals surface area (Å²) < 4.78 is 10.4. The Balaban J connectivity index is 3.47. The van der Waals surface area contributed by atoms with Crippen molar-refractivity contribution in [3.8, 4) is 0 Å². The third-order valence-electron chi connectivity index (χ3n) is 1.24. The molecule has 0 unspecified atom stereocenters. The molecule has 1 amide bonds. The molecule has 0 fully saturated rings. The summed E-state index contributed by atoms with van der Waals surface area (Å²) in [5.41, 5.74) is 0. The average molecular weight is 207 g/mol. The van der Waals surface area contributed by atoms with Crippen LogP contribution >= 0.6 is 7.60 Å². The summed E-state index contributed by atoms with van der Waals surface area (Å²) in [6, 6.07) is 0. The van der Waals surface area contributed by atoms with E-state index in [4.69, 9.17) is 9.79 Å². The van der Waals surface area contributed by atoms with Crippen molar-refractivity contribution in [2.75, 3.05) is 12.7 Å². The number of allylic oxidation sites excluding steroid dienone is 1.